The van der Waals surface area contributed by atoms with E-state index in [0.717, 1.165) is 10.6 Å². The van der Waals surface area contributed by atoms with Crippen LogP contribution in [0, 0.1) is 0 Å². The molecule has 0 aliphatic rings. The summed E-state index contributed by atoms with van der Waals surface area (Å²) in [6.07, 6.45) is 2.44. The van der Waals surface area contributed by atoms with Crippen molar-refractivity contribution in [3.05, 3.63) is 52.0 Å². The minimum absolute atomic E-state index is 0.0887. The first-order valence-corrected chi connectivity index (χ1v) is 7.43. The number of aromatic nitrogens is 1. The Bertz CT molecular complexity index is 579. The predicted octanol–water partition coefficient (Wildman–Crippen LogP) is 2.31. The van der Waals surface area contributed by atoms with Crippen molar-refractivity contribution in [3.8, 4) is 0 Å². The predicted molar refractivity (Wildman–Crippen MR) is 81.8 cm³/mol. The smallest absolute Gasteiger partial charge is 0.252 e. The SMILES string of the molecule is CC(C)(NC(=O)c1ccccc1CCN)c1nccs1. The summed E-state index contributed by atoms with van der Waals surface area (Å²) in [4.78, 5) is 16.8. The highest BCUT2D eigenvalue weighted by molar-refractivity contribution is 7.09. The molecule has 1 aromatic heterocycles. The fraction of sp³-hybridized carbons (Fsp3) is 0.333. The number of thiazole rings is 1. The highest BCUT2D eigenvalue weighted by Gasteiger charge is 2.26. The van der Waals surface area contributed by atoms with Gasteiger partial charge in [-0.15, -0.1) is 11.3 Å². The Hall–Kier alpha value is -1.72. The molecule has 0 radical (unpaired) electrons. The van der Waals surface area contributed by atoms with Crippen LogP contribution in [0.3, 0.4) is 0 Å². The van der Waals surface area contributed by atoms with Crippen molar-refractivity contribution in [1.29, 1.82) is 0 Å². The Morgan fingerprint density at radius 1 is 1.40 bits per heavy atom. The first kappa shape index (κ1) is 14.7. The van der Waals surface area contributed by atoms with E-state index < -0.39 is 5.54 Å². The molecule has 5 heteroatoms. The van der Waals surface area contributed by atoms with Crippen LogP contribution in [-0.4, -0.2) is 17.4 Å². The van der Waals surface area contributed by atoms with Crippen LogP contribution in [0.2, 0.25) is 0 Å². The Labute approximate surface area is 123 Å². The van der Waals surface area contributed by atoms with E-state index in [1.54, 1.807) is 6.20 Å². The van der Waals surface area contributed by atoms with Crippen molar-refractivity contribution in [2.45, 2.75) is 25.8 Å². The van der Waals surface area contributed by atoms with Gasteiger partial charge in [0.25, 0.3) is 5.91 Å². The van der Waals surface area contributed by atoms with Gasteiger partial charge in [-0.2, -0.15) is 0 Å². The van der Waals surface area contributed by atoms with Gasteiger partial charge >= 0.3 is 0 Å². The average molecular weight is 289 g/mol. The fourth-order valence-corrected chi connectivity index (χ4v) is 2.77. The van der Waals surface area contributed by atoms with Gasteiger partial charge in [-0.05, 0) is 38.4 Å². The Morgan fingerprint density at radius 3 is 2.80 bits per heavy atom. The molecule has 3 N–H and O–H groups in total. The number of nitrogens with one attached hydrogen (secondary N) is 1. The molecule has 20 heavy (non-hydrogen) atoms. The van der Waals surface area contributed by atoms with Gasteiger partial charge in [-0.3, -0.25) is 4.79 Å². The molecule has 1 heterocycles. The van der Waals surface area contributed by atoms with Crippen molar-refractivity contribution in [2.24, 2.45) is 5.73 Å². The standard InChI is InChI=1S/C15H19N3OS/c1-15(2,14-17-9-10-20-14)18-13(19)12-6-4-3-5-11(12)7-8-16/h3-6,9-10H,7-8,16H2,1-2H3,(H,18,19). The molecule has 1 aromatic carbocycles. The normalized spacial score (nSPS) is 11.3. The Kier molecular flexibility index (Phi) is 4.52. The number of rotatable bonds is 5. The summed E-state index contributed by atoms with van der Waals surface area (Å²) in [6.45, 7) is 4.44. The van der Waals surface area contributed by atoms with E-state index in [1.807, 2.05) is 43.5 Å². The number of hydrogen-bond donors (Lipinski definition) is 2. The number of nitrogens with two attached hydrogens (primary N) is 1. The molecular weight excluding hydrogens is 270 g/mol. The molecule has 4 nitrogen and oxygen atoms in total. The summed E-state index contributed by atoms with van der Waals surface area (Å²) in [5.41, 5.74) is 6.77. The van der Waals surface area contributed by atoms with Crippen molar-refractivity contribution in [3.63, 3.8) is 0 Å². The van der Waals surface area contributed by atoms with Crippen LogP contribution >= 0.6 is 11.3 Å². The second-order valence-corrected chi connectivity index (χ2v) is 6.01. The van der Waals surface area contributed by atoms with Crippen LogP contribution in [0.25, 0.3) is 0 Å². The van der Waals surface area contributed by atoms with E-state index in [1.165, 1.54) is 11.3 Å². The van der Waals surface area contributed by atoms with Crippen molar-refractivity contribution in [1.82, 2.24) is 10.3 Å². The summed E-state index contributed by atoms with van der Waals surface area (Å²) < 4.78 is 0. The second kappa shape index (κ2) is 6.15. The van der Waals surface area contributed by atoms with Gasteiger partial charge in [-0.25, -0.2) is 4.98 Å². The summed E-state index contributed by atoms with van der Waals surface area (Å²) in [5.74, 6) is -0.0887. The van der Waals surface area contributed by atoms with Gasteiger partial charge in [0.1, 0.15) is 5.01 Å². The maximum atomic E-state index is 12.5. The number of nitrogens with zero attached hydrogens (tertiary/aromatic N) is 1. The maximum Gasteiger partial charge on any atom is 0.252 e. The van der Waals surface area contributed by atoms with Gasteiger partial charge in [0, 0.05) is 17.1 Å². The maximum absolute atomic E-state index is 12.5. The summed E-state index contributed by atoms with van der Waals surface area (Å²) in [5, 5.41) is 5.84. The zero-order chi connectivity index (χ0) is 14.6. The van der Waals surface area contributed by atoms with Crippen LogP contribution in [0.15, 0.2) is 35.8 Å². The number of benzene rings is 1. The monoisotopic (exact) mass is 289 g/mol. The lowest BCUT2D eigenvalue weighted by molar-refractivity contribution is 0.0911. The van der Waals surface area contributed by atoms with Gasteiger partial charge in [0.2, 0.25) is 0 Å². The third-order valence-corrected chi connectivity index (χ3v) is 4.17. The summed E-state index contributed by atoms with van der Waals surface area (Å²) >= 11 is 1.54. The van der Waals surface area contributed by atoms with Gasteiger partial charge in [-0.1, -0.05) is 18.2 Å². The van der Waals surface area contributed by atoms with Crippen molar-refractivity contribution < 1.29 is 4.79 Å². The summed E-state index contributed by atoms with van der Waals surface area (Å²) in [6, 6.07) is 7.56. The van der Waals surface area contributed by atoms with Crippen LogP contribution in [0.1, 0.15) is 34.8 Å². The number of carbonyl (C=O) groups is 1. The minimum Gasteiger partial charge on any atom is -0.341 e. The third-order valence-electron chi connectivity index (χ3n) is 3.07. The number of hydrogen-bond acceptors (Lipinski definition) is 4. The molecule has 0 saturated carbocycles. The molecule has 0 aliphatic heterocycles. The third kappa shape index (κ3) is 3.23. The zero-order valence-electron chi connectivity index (χ0n) is 11.7. The van der Waals surface area contributed by atoms with Crippen LogP contribution < -0.4 is 11.1 Å². The van der Waals surface area contributed by atoms with E-state index in [-0.39, 0.29) is 5.91 Å². The quantitative estimate of drug-likeness (QED) is 0.887. The second-order valence-electron chi connectivity index (χ2n) is 5.11. The number of carbonyl (C=O) groups excluding carboxylic acids is 1. The molecule has 2 rings (SSSR count). The minimum atomic E-state index is -0.485. The van der Waals surface area contributed by atoms with E-state index in [0.29, 0.717) is 18.5 Å². The van der Waals surface area contributed by atoms with Crippen molar-refractivity contribution in [2.75, 3.05) is 6.54 Å². The largest absolute Gasteiger partial charge is 0.341 e. The first-order chi connectivity index (χ1) is 9.54. The van der Waals surface area contributed by atoms with Gasteiger partial charge < -0.3 is 11.1 Å². The fourth-order valence-electron chi connectivity index (χ4n) is 2.05. The number of amides is 1. The van der Waals surface area contributed by atoms with Crippen LogP contribution in [-0.2, 0) is 12.0 Å². The molecule has 0 atom stereocenters. The molecule has 0 unspecified atom stereocenters. The molecule has 0 bridgehead atoms. The van der Waals surface area contributed by atoms with Crippen LogP contribution in [0.5, 0.6) is 0 Å². The van der Waals surface area contributed by atoms with E-state index in [2.05, 4.69) is 10.3 Å². The molecule has 106 valence electrons. The van der Waals surface area contributed by atoms with E-state index >= 15 is 0 Å². The van der Waals surface area contributed by atoms with Gasteiger partial charge in [0.05, 0.1) is 5.54 Å². The molecular formula is C15H19N3OS. The van der Waals surface area contributed by atoms with Gasteiger partial charge in [0.15, 0.2) is 0 Å². The summed E-state index contributed by atoms with van der Waals surface area (Å²) in [7, 11) is 0. The lowest BCUT2D eigenvalue weighted by Gasteiger charge is -2.24. The molecule has 0 saturated heterocycles. The molecule has 1 amide bonds. The lowest BCUT2D eigenvalue weighted by Crippen LogP contribution is -2.41. The highest BCUT2D eigenvalue weighted by atomic mass is 32.1. The van der Waals surface area contributed by atoms with E-state index in [4.69, 9.17) is 5.73 Å². The topological polar surface area (TPSA) is 68.0 Å². The highest BCUT2D eigenvalue weighted by Crippen LogP contribution is 2.23. The lowest BCUT2D eigenvalue weighted by atomic mass is 10.0. The molecule has 0 spiro atoms. The molecule has 0 aliphatic carbocycles. The Balaban J connectivity index is 2.20. The Morgan fingerprint density at radius 2 is 2.15 bits per heavy atom. The van der Waals surface area contributed by atoms with Crippen LogP contribution in [0.4, 0.5) is 0 Å². The van der Waals surface area contributed by atoms with Crippen molar-refractivity contribution >= 4 is 17.2 Å². The first-order valence-electron chi connectivity index (χ1n) is 6.55. The molecule has 2 aromatic rings. The zero-order valence-corrected chi connectivity index (χ0v) is 12.5. The van der Waals surface area contributed by atoms with E-state index in [9.17, 15) is 4.79 Å². The average Bonchev–Trinajstić information content (AvgIpc) is 2.94. The molecule has 0 fully saturated rings.